The Hall–Kier alpha value is -2.15. The summed E-state index contributed by atoms with van der Waals surface area (Å²) in [5.41, 5.74) is 5.45. The highest BCUT2D eigenvalue weighted by atomic mass is 16.5. The zero-order valence-electron chi connectivity index (χ0n) is 27.1. The Kier molecular flexibility index (Phi) is 28.8. The monoisotopic (exact) mass is 592 g/mol. The van der Waals surface area contributed by atoms with Crippen LogP contribution in [0.1, 0.15) is 162 Å². The summed E-state index contributed by atoms with van der Waals surface area (Å²) in [6.45, 7) is 4.82. The summed E-state index contributed by atoms with van der Waals surface area (Å²) >= 11 is 0. The van der Waals surface area contributed by atoms with Crippen molar-refractivity contribution >= 4 is 17.8 Å². The van der Waals surface area contributed by atoms with Crippen molar-refractivity contribution in [1.82, 2.24) is 5.32 Å². The van der Waals surface area contributed by atoms with Crippen LogP contribution in [0, 0.1) is 0 Å². The predicted molar refractivity (Wildman–Crippen MR) is 174 cm³/mol. The van der Waals surface area contributed by atoms with Gasteiger partial charge in [-0.05, 0) is 64.0 Å². The van der Waals surface area contributed by atoms with Gasteiger partial charge in [0.2, 0.25) is 5.91 Å². The van der Waals surface area contributed by atoms with Gasteiger partial charge in [0.15, 0.2) is 0 Å². The average Bonchev–Trinajstić information content (AvgIpc) is 2.97. The molecule has 0 radical (unpaired) electrons. The third kappa shape index (κ3) is 26.7. The fourth-order valence-corrected chi connectivity index (χ4v) is 4.88. The van der Waals surface area contributed by atoms with Crippen LogP contribution in [0.15, 0.2) is 24.3 Å². The number of hydrogen-bond donors (Lipinski definition) is 3. The SMILES string of the molecule is CCC/C=C\C/C=C\C(CCCCCCC(=O)NC(CCCN)C(=O)O)OC(=O)CCCCCCCCCCCCC. The lowest BCUT2D eigenvalue weighted by Crippen LogP contribution is -2.40. The standard InChI is InChI=1S/C35H64N2O5/c1-3-5-7-9-11-12-13-14-15-17-23-29-34(39)42-31(25-20-16-10-8-6-4-2)26-21-18-19-22-28-33(38)37-32(35(40)41)27-24-30-36/h8,10,20,25,31-32H,3-7,9,11-19,21-24,26-30,36H2,1-2H3,(H,37,38)(H,40,41)/b10-8-,25-20-. The molecule has 0 rings (SSSR count). The van der Waals surface area contributed by atoms with E-state index in [1.807, 2.05) is 6.08 Å². The van der Waals surface area contributed by atoms with Crippen LogP contribution >= 0.6 is 0 Å². The Morgan fingerprint density at radius 3 is 1.90 bits per heavy atom. The molecule has 0 saturated carbocycles. The maximum absolute atomic E-state index is 12.5. The molecule has 0 saturated heterocycles. The number of unbranched alkanes of at least 4 members (excludes halogenated alkanes) is 14. The van der Waals surface area contributed by atoms with Crippen molar-refractivity contribution in [3.63, 3.8) is 0 Å². The van der Waals surface area contributed by atoms with Crippen molar-refractivity contribution < 1.29 is 24.2 Å². The minimum atomic E-state index is -1.02. The molecule has 0 aromatic rings. The van der Waals surface area contributed by atoms with E-state index in [1.165, 1.54) is 57.8 Å². The second-order valence-electron chi connectivity index (χ2n) is 11.6. The molecule has 2 unspecified atom stereocenters. The summed E-state index contributed by atoms with van der Waals surface area (Å²) in [4.78, 5) is 36.0. The van der Waals surface area contributed by atoms with Crippen LogP contribution in [-0.4, -0.2) is 41.6 Å². The van der Waals surface area contributed by atoms with E-state index in [0.717, 1.165) is 57.8 Å². The van der Waals surface area contributed by atoms with Crippen LogP contribution in [0.2, 0.25) is 0 Å². The van der Waals surface area contributed by atoms with Crippen molar-refractivity contribution in [3.05, 3.63) is 24.3 Å². The van der Waals surface area contributed by atoms with Crippen molar-refractivity contribution in [2.45, 2.75) is 174 Å². The van der Waals surface area contributed by atoms with E-state index in [2.05, 4.69) is 37.4 Å². The molecule has 4 N–H and O–H groups in total. The topological polar surface area (TPSA) is 119 Å². The number of carboxylic acids is 1. The Bertz CT molecular complexity index is 722. The number of nitrogens with two attached hydrogens (primary N) is 1. The third-order valence-corrected chi connectivity index (χ3v) is 7.48. The number of ether oxygens (including phenoxy) is 1. The van der Waals surface area contributed by atoms with Crippen LogP contribution in [0.4, 0.5) is 0 Å². The van der Waals surface area contributed by atoms with Crippen LogP contribution in [0.25, 0.3) is 0 Å². The second-order valence-corrected chi connectivity index (χ2v) is 11.6. The highest BCUT2D eigenvalue weighted by molar-refractivity contribution is 5.83. The van der Waals surface area contributed by atoms with E-state index in [-0.39, 0.29) is 18.0 Å². The number of hydrogen-bond acceptors (Lipinski definition) is 5. The van der Waals surface area contributed by atoms with Crippen LogP contribution in [-0.2, 0) is 19.1 Å². The summed E-state index contributed by atoms with van der Waals surface area (Å²) in [6, 6.07) is -0.870. The fraction of sp³-hybridized carbons (Fsp3) is 0.800. The molecule has 7 heteroatoms. The molecular weight excluding hydrogens is 528 g/mol. The number of carbonyl (C=O) groups excluding carboxylic acids is 2. The second kappa shape index (κ2) is 30.3. The van der Waals surface area contributed by atoms with Crippen molar-refractivity contribution in [3.8, 4) is 0 Å². The molecule has 0 aromatic heterocycles. The lowest BCUT2D eigenvalue weighted by Gasteiger charge is -2.15. The minimum absolute atomic E-state index is 0.110. The molecule has 0 aliphatic heterocycles. The van der Waals surface area contributed by atoms with E-state index in [1.54, 1.807) is 0 Å². The molecule has 0 bridgehead atoms. The van der Waals surface area contributed by atoms with Gasteiger partial charge in [-0.3, -0.25) is 9.59 Å². The lowest BCUT2D eigenvalue weighted by atomic mass is 10.1. The molecule has 42 heavy (non-hydrogen) atoms. The Labute approximate surface area is 257 Å². The largest absolute Gasteiger partial charge is 0.480 e. The minimum Gasteiger partial charge on any atom is -0.480 e. The first-order chi connectivity index (χ1) is 20.4. The number of carbonyl (C=O) groups is 3. The van der Waals surface area contributed by atoms with E-state index in [4.69, 9.17) is 10.5 Å². The van der Waals surface area contributed by atoms with Gasteiger partial charge in [0.25, 0.3) is 0 Å². The van der Waals surface area contributed by atoms with Gasteiger partial charge in [0.1, 0.15) is 12.1 Å². The highest BCUT2D eigenvalue weighted by Gasteiger charge is 2.18. The summed E-state index contributed by atoms with van der Waals surface area (Å²) < 4.78 is 5.83. The number of amides is 1. The van der Waals surface area contributed by atoms with Gasteiger partial charge in [-0.15, -0.1) is 0 Å². The summed E-state index contributed by atoms with van der Waals surface area (Å²) in [6.07, 6.45) is 31.0. The van der Waals surface area contributed by atoms with Crippen molar-refractivity contribution in [2.75, 3.05) is 6.54 Å². The first-order valence-electron chi connectivity index (χ1n) is 17.2. The van der Waals surface area contributed by atoms with E-state index < -0.39 is 12.0 Å². The maximum atomic E-state index is 12.5. The normalized spacial score (nSPS) is 13.0. The highest BCUT2D eigenvalue weighted by Crippen LogP contribution is 2.15. The van der Waals surface area contributed by atoms with Crippen molar-refractivity contribution in [2.24, 2.45) is 5.73 Å². The lowest BCUT2D eigenvalue weighted by molar-refractivity contribution is -0.147. The molecule has 0 aromatic carbocycles. The molecule has 0 spiro atoms. The number of esters is 1. The van der Waals surface area contributed by atoms with E-state index in [0.29, 0.717) is 38.6 Å². The van der Waals surface area contributed by atoms with Crippen molar-refractivity contribution in [1.29, 1.82) is 0 Å². The maximum Gasteiger partial charge on any atom is 0.326 e. The Morgan fingerprint density at radius 1 is 0.714 bits per heavy atom. The Balaban J connectivity index is 4.30. The van der Waals surface area contributed by atoms with Gasteiger partial charge in [-0.25, -0.2) is 4.79 Å². The molecule has 0 heterocycles. The molecule has 0 aliphatic carbocycles. The molecule has 1 amide bonds. The van der Waals surface area contributed by atoms with Crippen LogP contribution in [0.3, 0.4) is 0 Å². The third-order valence-electron chi connectivity index (χ3n) is 7.48. The first kappa shape index (κ1) is 39.8. The fourth-order valence-electron chi connectivity index (χ4n) is 4.88. The number of carboxylic acid groups (broad SMARTS) is 1. The summed E-state index contributed by atoms with van der Waals surface area (Å²) in [5, 5.41) is 11.8. The number of rotatable bonds is 30. The molecule has 7 nitrogen and oxygen atoms in total. The smallest absolute Gasteiger partial charge is 0.326 e. The molecule has 0 fully saturated rings. The van der Waals surface area contributed by atoms with Gasteiger partial charge < -0.3 is 20.9 Å². The van der Waals surface area contributed by atoms with Gasteiger partial charge in [0, 0.05) is 12.8 Å². The van der Waals surface area contributed by atoms with Crippen LogP contribution < -0.4 is 11.1 Å². The Morgan fingerprint density at radius 2 is 1.31 bits per heavy atom. The van der Waals surface area contributed by atoms with E-state index in [9.17, 15) is 19.5 Å². The van der Waals surface area contributed by atoms with E-state index >= 15 is 0 Å². The first-order valence-corrected chi connectivity index (χ1v) is 17.2. The van der Waals surface area contributed by atoms with Gasteiger partial charge >= 0.3 is 11.9 Å². The number of allylic oxidation sites excluding steroid dienone is 3. The number of aliphatic carboxylic acids is 1. The zero-order chi connectivity index (χ0) is 31.1. The predicted octanol–water partition coefficient (Wildman–Crippen LogP) is 8.55. The number of nitrogens with one attached hydrogen (secondary N) is 1. The van der Waals surface area contributed by atoms with Gasteiger partial charge in [0.05, 0.1) is 0 Å². The average molecular weight is 593 g/mol. The molecule has 0 aliphatic rings. The summed E-state index contributed by atoms with van der Waals surface area (Å²) in [5.74, 6) is -1.36. The van der Waals surface area contributed by atoms with Crippen LogP contribution in [0.5, 0.6) is 0 Å². The molecule has 2 atom stereocenters. The molecule has 244 valence electrons. The zero-order valence-corrected chi connectivity index (χ0v) is 27.1. The molecular formula is C35H64N2O5. The summed E-state index contributed by atoms with van der Waals surface area (Å²) in [7, 11) is 0. The van der Waals surface area contributed by atoms with Gasteiger partial charge in [-0.1, -0.05) is 116 Å². The quantitative estimate of drug-likeness (QED) is 0.0437. The van der Waals surface area contributed by atoms with Gasteiger partial charge in [-0.2, -0.15) is 0 Å².